The first-order chi connectivity index (χ1) is 11.6. The first-order valence-electron chi connectivity index (χ1n) is 8.07. The van der Waals surface area contributed by atoms with E-state index in [2.05, 4.69) is 0 Å². The average Bonchev–Trinajstić information content (AvgIpc) is 2.61. The molecule has 1 aliphatic heterocycles. The number of benzene rings is 1. The van der Waals surface area contributed by atoms with Crippen molar-refractivity contribution in [3.8, 4) is 0 Å². The van der Waals surface area contributed by atoms with Gasteiger partial charge < -0.3 is 15.4 Å². The molecule has 1 amide bonds. The van der Waals surface area contributed by atoms with Crippen molar-refractivity contribution >= 4 is 23.4 Å². The molecule has 0 aromatic heterocycles. The summed E-state index contributed by atoms with van der Waals surface area (Å²) < 4.78 is 5.73. The number of ether oxygens (including phenoxy) is 1. The molecule has 2 rings (SSSR count). The summed E-state index contributed by atoms with van der Waals surface area (Å²) in [5.74, 6) is 0.440. The minimum atomic E-state index is -0.431. The number of nitro benzene ring substituents is 1. The highest BCUT2D eigenvalue weighted by Crippen LogP contribution is 2.22. The highest BCUT2D eigenvalue weighted by Gasteiger charge is 2.23. The van der Waals surface area contributed by atoms with Gasteiger partial charge in [0.15, 0.2) is 0 Å². The largest absolute Gasteiger partial charge is 0.378 e. The van der Waals surface area contributed by atoms with Crippen LogP contribution in [0.5, 0.6) is 0 Å². The molecule has 0 unspecified atom stereocenters. The summed E-state index contributed by atoms with van der Waals surface area (Å²) in [4.78, 5) is 25.2. The fourth-order valence-corrected chi connectivity index (χ4v) is 3.31. The first kappa shape index (κ1) is 18.7. The number of nitrogens with two attached hydrogens (primary N) is 1. The zero-order chi connectivity index (χ0) is 17.4. The number of carbonyl (C=O) groups is 1. The predicted molar refractivity (Wildman–Crippen MR) is 93.0 cm³/mol. The molecule has 0 radical (unpaired) electrons. The maximum atomic E-state index is 12.3. The summed E-state index contributed by atoms with van der Waals surface area (Å²) in [5, 5.41) is 10.6. The van der Waals surface area contributed by atoms with Gasteiger partial charge in [0.1, 0.15) is 0 Å². The van der Waals surface area contributed by atoms with Gasteiger partial charge in [-0.2, -0.15) is 0 Å². The van der Waals surface area contributed by atoms with Gasteiger partial charge in [-0.05, 0) is 37.9 Å². The fourth-order valence-electron chi connectivity index (χ4n) is 2.51. The zero-order valence-electron chi connectivity index (χ0n) is 13.6. The Balaban J connectivity index is 1.70. The minimum absolute atomic E-state index is 0.0578. The van der Waals surface area contributed by atoms with Gasteiger partial charge in [-0.25, -0.2) is 0 Å². The molecule has 1 aromatic carbocycles. The molecule has 1 aromatic rings. The van der Waals surface area contributed by atoms with Crippen LogP contribution in [0.25, 0.3) is 0 Å². The van der Waals surface area contributed by atoms with E-state index in [9.17, 15) is 14.9 Å². The Morgan fingerprint density at radius 3 is 2.58 bits per heavy atom. The molecule has 0 bridgehead atoms. The minimum Gasteiger partial charge on any atom is -0.378 e. The lowest BCUT2D eigenvalue weighted by atomic mass is 10.1. The van der Waals surface area contributed by atoms with Gasteiger partial charge in [0.25, 0.3) is 5.69 Å². The number of thioether (sulfide) groups is 1. The van der Waals surface area contributed by atoms with Crippen molar-refractivity contribution in [2.45, 2.75) is 30.3 Å². The summed E-state index contributed by atoms with van der Waals surface area (Å²) in [6.07, 6.45) is 2.81. The smallest absolute Gasteiger partial charge is 0.269 e. The molecule has 1 saturated heterocycles. The Morgan fingerprint density at radius 1 is 1.33 bits per heavy atom. The zero-order valence-corrected chi connectivity index (χ0v) is 14.4. The summed E-state index contributed by atoms with van der Waals surface area (Å²) in [5.41, 5.74) is 5.50. The second kappa shape index (κ2) is 9.61. The number of likely N-dealkylation sites (tertiary alicyclic amines) is 1. The highest BCUT2D eigenvalue weighted by molar-refractivity contribution is 8.00. The van der Waals surface area contributed by atoms with Crippen LogP contribution in [0.4, 0.5) is 5.69 Å². The van der Waals surface area contributed by atoms with E-state index in [4.69, 9.17) is 10.5 Å². The van der Waals surface area contributed by atoms with E-state index in [-0.39, 0.29) is 17.7 Å². The number of nitrogens with zero attached hydrogens (tertiary/aromatic N) is 2. The van der Waals surface area contributed by atoms with Gasteiger partial charge in [0.05, 0.1) is 16.8 Å². The number of rotatable bonds is 8. The van der Waals surface area contributed by atoms with Crippen molar-refractivity contribution in [3.05, 3.63) is 34.4 Å². The Labute approximate surface area is 145 Å². The lowest BCUT2D eigenvalue weighted by molar-refractivity contribution is -0.384. The molecular weight excluding hydrogens is 330 g/mol. The van der Waals surface area contributed by atoms with E-state index >= 15 is 0 Å². The molecule has 2 N–H and O–H groups in total. The van der Waals surface area contributed by atoms with Crippen LogP contribution in [0.2, 0.25) is 0 Å². The SMILES string of the molecule is NCCCOC1CCN(C(=O)CSc2ccc([N+](=O)[O-])cc2)CC1. The van der Waals surface area contributed by atoms with E-state index in [0.29, 0.717) is 32.0 Å². The third-order valence-corrected chi connectivity index (χ3v) is 4.90. The fraction of sp³-hybridized carbons (Fsp3) is 0.562. The molecule has 132 valence electrons. The van der Waals surface area contributed by atoms with Crippen LogP contribution in [0.3, 0.4) is 0 Å². The summed E-state index contributed by atoms with van der Waals surface area (Å²) in [6, 6.07) is 6.26. The number of carbonyl (C=O) groups excluding carboxylic acids is 1. The van der Waals surface area contributed by atoms with Crippen LogP contribution in [-0.2, 0) is 9.53 Å². The topological polar surface area (TPSA) is 98.7 Å². The molecule has 8 heteroatoms. The number of hydrogen-bond acceptors (Lipinski definition) is 6. The number of piperidine rings is 1. The molecule has 7 nitrogen and oxygen atoms in total. The average molecular weight is 353 g/mol. The van der Waals surface area contributed by atoms with Crippen LogP contribution in [0.15, 0.2) is 29.2 Å². The van der Waals surface area contributed by atoms with Crippen molar-refractivity contribution < 1.29 is 14.5 Å². The Bertz CT molecular complexity index is 545. The van der Waals surface area contributed by atoms with E-state index in [1.54, 1.807) is 12.1 Å². The van der Waals surface area contributed by atoms with E-state index in [1.165, 1.54) is 23.9 Å². The molecule has 1 fully saturated rings. The number of hydrogen-bond donors (Lipinski definition) is 1. The van der Waals surface area contributed by atoms with Gasteiger partial charge in [-0.15, -0.1) is 11.8 Å². The molecule has 0 atom stereocenters. The van der Waals surface area contributed by atoms with Gasteiger partial charge >= 0.3 is 0 Å². The van der Waals surface area contributed by atoms with Crippen LogP contribution in [0.1, 0.15) is 19.3 Å². The third kappa shape index (κ3) is 5.77. The lowest BCUT2D eigenvalue weighted by Gasteiger charge is -2.32. The Kier molecular flexibility index (Phi) is 7.48. The molecule has 1 heterocycles. The number of non-ortho nitro benzene ring substituents is 1. The molecule has 0 saturated carbocycles. The molecule has 0 aliphatic carbocycles. The van der Waals surface area contributed by atoms with Crippen molar-refractivity contribution in [3.63, 3.8) is 0 Å². The van der Waals surface area contributed by atoms with Crippen LogP contribution in [-0.4, -0.2) is 53.8 Å². The summed E-state index contributed by atoms with van der Waals surface area (Å²) in [7, 11) is 0. The second-order valence-electron chi connectivity index (χ2n) is 5.63. The van der Waals surface area contributed by atoms with E-state index in [0.717, 1.165) is 24.2 Å². The van der Waals surface area contributed by atoms with Gasteiger partial charge in [-0.3, -0.25) is 14.9 Å². The highest BCUT2D eigenvalue weighted by atomic mass is 32.2. The van der Waals surface area contributed by atoms with Crippen LogP contribution < -0.4 is 5.73 Å². The van der Waals surface area contributed by atoms with Crippen LogP contribution >= 0.6 is 11.8 Å². The second-order valence-corrected chi connectivity index (χ2v) is 6.68. The third-order valence-electron chi connectivity index (χ3n) is 3.91. The monoisotopic (exact) mass is 353 g/mol. The summed E-state index contributed by atoms with van der Waals surface area (Å²) in [6.45, 7) is 2.75. The van der Waals surface area contributed by atoms with Crippen molar-refractivity contribution in [1.29, 1.82) is 0 Å². The van der Waals surface area contributed by atoms with Crippen molar-refractivity contribution in [2.75, 3.05) is 32.0 Å². The molecule has 1 aliphatic rings. The molecule has 0 spiro atoms. The quantitative estimate of drug-likeness (QED) is 0.332. The Morgan fingerprint density at radius 2 is 2.00 bits per heavy atom. The molecule has 24 heavy (non-hydrogen) atoms. The Hall–Kier alpha value is -1.64. The van der Waals surface area contributed by atoms with Gasteiger partial charge in [0, 0.05) is 36.7 Å². The van der Waals surface area contributed by atoms with Crippen molar-refractivity contribution in [2.24, 2.45) is 5.73 Å². The molecular formula is C16H23N3O4S. The van der Waals surface area contributed by atoms with Crippen molar-refractivity contribution in [1.82, 2.24) is 4.90 Å². The summed E-state index contributed by atoms with van der Waals surface area (Å²) >= 11 is 1.40. The van der Waals surface area contributed by atoms with Crippen LogP contribution in [0, 0.1) is 10.1 Å². The predicted octanol–water partition coefficient (Wildman–Crippen LogP) is 2.04. The van der Waals surface area contributed by atoms with E-state index < -0.39 is 4.92 Å². The lowest BCUT2D eigenvalue weighted by Crippen LogP contribution is -2.41. The normalized spacial score (nSPS) is 15.5. The van der Waals surface area contributed by atoms with Gasteiger partial charge in [-0.1, -0.05) is 0 Å². The maximum absolute atomic E-state index is 12.3. The van der Waals surface area contributed by atoms with E-state index in [1.807, 2.05) is 4.90 Å². The first-order valence-corrected chi connectivity index (χ1v) is 9.05. The number of nitro groups is 1. The number of amides is 1. The van der Waals surface area contributed by atoms with Gasteiger partial charge in [0.2, 0.25) is 5.91 Å². The maximum Gasteiger partial charge on any atom is 0.269 e. The standard InChI is InChI=1S/C16H23N3O4S/c17-8-1-11-23-14-6-9-18(10-7-14)16(20)12-24-15-4-2-13(3-5-15)19(21)22/h2-5,14H,1,6-12,17H2.